The summed E-state index contributed by atoms with van der Waals surface area (Å²) in [5.41, 5.74) is 0.727. The molecule has 0 bridgehead atoms. The van der Waals surface area contributed by atoms with Crippen molar-refractivity contribution in [3.05, 3.63) is 16.9 Å². The third-order valence-electron chi connectivity index (χ3n) is 4.19. The van der Waals surface area contributed by atoms with Gasteiger partial charge in [0.2, 0.25) is 0 Å². The summed E-state index contributed by atoms with van der Waals surface area (Å²) in [7, 11) is 0. The van der Waals surface area contributed by atoms with Crippen molar-refractivity contribution in [1.29, 1.82) is 0 Å². The molecule has 2 rings (SSSR count). The Morgan fingerprint density at radius 1 is 1.33 bits per heavy atom. The van der Waals surface area contributed by atoms with E-state index in [2.05, 4.69) is 25.9 Å². The van der Waals surface area contributed by atoms with Crippen LogP contribution in [0.5, 0.6) is 0 Å². The van der Waals surface area contributed by atoms with Crippen molar-refractivity contribution < 1.29 is 5.11 Å². The fourth-order valence-electron chi connectivity index (χ4n) is 2.98. The second-order valence-electron chi connectivity index (χ2n) is 6.03. The quantitative estimate of drug-likeness (QED) is 0.897. The summed E-state index contributed by atoms with van der Waals surface area (Å²) in [5.74, 6) is 0. The SMILES string of the molecule is CC(C)n1ncc(Cl)c1C(O)C1(C)CCCCC1. The number of nitrogens with zero attached hydrogens (tertiary/aromatic N) is 2. The van der Waals surface area contributed by atoms with Gasteiger partial charge in [-0.3, -0.25) is 4.68 Å². The van der Waals surface area contributed by atoms with E-state index in [0.29, 0.717) is 5.02 Å². The largest absolute Gasteiger partial charge is 0.386 e. The Morgan fingerprint density at radius 2 is 1.94 bits per heavy atom. The molecule has 0 saturated heterocycles. The predicted octanol–water partition coefficient (Wildman–Crippen LogP) is 4.12. The van der Waals surface area contributed by atoms with Crippen LogP contribution in [0.25, 0.3) is 0 Å². The van der Waals surface area contributed by atoms with Crippen LogP contribution in [0, 0.1) is 5.41 Å². The summed E-state index contributed by atoms with van der Waals surface area (Å²) < 4.78 is 1.85. The first-order valence-corrected chi connectivity index (χ1v) is 7.24. The standard InChI is InChI=1S/C14H23ClN2O/c1-10(2)17-12(11(15)9-16-17)13(18)14(3)7-5-4-6-8-14/h9-10,13,18H,4-8H2,1-3H3. The van der Waals surface area contributed by atoms with Crippen LogP contribution in [0.15, 0.2) is 6.20 Å². The summed E-state index contributed by atoms with van der Waals surface area (Å²) in [4.78, 5) is 0. The molecule has 0 aliphatic heterocycles. The number of halogens is 1. The minimum absolute atomic E-state index is 0.0609. The first-order chi connectivity index (χ1) is 8.46. The van der Waals surface area contributed by atoms with Gasteiger partial charge >= 0.3 is 0 Å². The van der Waals surface area contributed by atoms with Crippen molar-refractivity contribution in [1.82, 2.24) is 9.78 Å². The van der Waals surface area contributed by atoms with E-state index in [1.807, 2.05) is 4.68 Å². The van der Waals surface area contributed by atoms with E-state index in [4.69, 9.17) is 11.6 Å². The van der Waals surface area contributed by atoms with Crippen LogP contribution >= 0.6 is 11.6 Å². The van der Waals surface area contributed by atoms with E-state index in [9.17, 15) is 5.11 Å². The Morgan fingerprint density at radius 3 is 2.50 bits per heavy atom. The highest BCUT2D eigenvalue weighted by Crippen LogP contribution is 2.47. The molecule has 1 N–H and O–H groups in total. The van der Waals surface area contributed by atoms with Gasteiger partial charge in [-0.25, -0.2) is 0 Å². The lowest BCUT2D eigenvalue weighted by molar-refractivity contribution is 0.00154. The first kappa shape index (κ1) is 13.9. The minimum Gasteiger partial charge on any atom is -0.386 e. The van der Waals surface area contributed by atoms with Gasteiger partial charge in [-0.2, -0.15) is 5.10 Å². The van der Waals surface area contributed by atoms with Gasteiger partial charge in [0.15, 0.2) is 0 Å². The lowest BCUT2D eigenvalue weighted by Gasteiger charge is -2.38. The molecule has 102 valence electrons. The summed E-state index contributed by atoms with van der Waals surface area (Å²) in [5, 5.41) is 15.6. The van der Waals surface area contributed by atoms with Crippen molar-refractivity contribution in [2.75, 3.05) is 0 Å². The van der Waals surface area contributed by atoms with Gasteiger partial charge in [-0.1, -0.05) is 37.8 Å². The van der Waals surface area contributed by atoms with Crippen molar-refractivity contribution in [2.24, 2.45) is 5.41 Å². The maximum Gasteiger partial charge on any atom is 0.102 e. The Labute approximate surface area is 114 Å². The van der Waals surface area contributed by atoms with E-state index < -0.39 is 6.10 Å². The molecular weight excluding hydrogens is 248 g/mol. The maximum absolute atomic E-state index is 10.8. The van der Waals surface area contributed by atoms with Gasteiger partial charge in [0.25, 0.3) is 0 Å². The number of aromatic nitrogens is 2. The zero-order valence-corrected chi connectivity index (χ0v) is 12.2. The molecule has 0 spiro atoms. The van der Waals surface area contributed by atoms with Crippen molar-refractivity contribution in [3.63, 3.8) is 0 Å². The molecule has 1 fully saturated rings. The zero-order valence-electron chi connectivity index (χ0n) is 11.5. The number of aliphatic hydroxyl groups is 1. The molecule has 1 aromatic rings. The smallest absolute Gasteiger partial charge is 0.102 e. The summed E-state index contributed by atoms with van der Waals surface area (Å²) in [6, 6.07) is 0.217. The molecule has 0 aromatic carbocycles. The second-order valence-corrected chi connectivity index (χ2v) is 6.44. The lowest BCUT2D eigenvalue weighted by atomic mass is 9.71. The van der Waals surface area contributed by atoms with Crippen molar-refractivity contribution in [3.8, 4) is 0 Å². The third-order valence-corrected chi connectivity index (χ3v) is 4.48. The molecule has 3 nitrogen and oxygen atoms in total. The monoisotopic (exact) mass is 270 g/mol. The molecule has 1 aromatic heterocycles. The highest BCUT2D eigenvalue weighted by Gasteiger charge is 2.38. The molecule has 1 aliphatic carbocycles. The van der Waals surface area contributed by atoms with E-state index in [0.717, 1.165) is 18.5 Å². The van der Waals surface area contributed by atoms with Gasteiger partial charge in [-0.15, -0.1) is 0 Å². The molecule has 4 heteroatoms. The highest BCUT2D eigenvalue weighted by molar-refractivity contribution is 6.31. The summed E-state index contributed by atoms with van der Waals surface area (Å²) in [6.07, 6.45) is 6.92. The van der Waals surface area contributed by atoms with Gasteiger partial charge in [0, 0.05) is 6.04 Å². The van der Waals surface area contributed by atoms with Gasteiger partial charge in [-0.05, 0) is 32.1 Å². The Kier molecular flexibility index (Phi) is 4.02. The molecule has 0 amide bonds. The number of hydrogen-bond acceptors (Lipinski definition) is 2. The van der Waals surface area contributed by atoms with Crippen LogP contribution in [0.3, 0.4) is 0 Å². The van der Waals surface area contributed by atoms with Crippen molar-refractivity contribution in [2.45, 2.75) is 65.0 Å². The molecule has 1 heterocycles. The third kappa shape index (κ3) is 2.43. The van der Waals surface area contributed by atoms with Crippen LogP contribution in [-0.4, -0.2) is 14.9 Å². The maximum atomic E-state index is 10.8. The van der Waals surface area contributed by atoms with E-state index in [-0.39, 0.29) is 11.5 Å². The highest BCUT2D eigenvalue weighted by atomic mass is 35.5. The minimum atomic E-state index is -0.518. The summed E-state index contributed by atoms with van der Waals surface area (Å²) in [6.45, 7) is 6.29. The zero-order chi connectivity index (χ0) is 13.3. The first-order valence-electron chi connectivity index (χ1n) is 6.87. The van der Waals surface area contributed by atoms with Gasteiger partial charge in [0.1, 0.15) is 6.10 Å². The van der Waals surface area contributed by atoms with E-state index >= 15 is 0 Å². The topological polar surface area (TPSA) is 38.0 Å². The normalized spacial score (nSPS) is 21.2. The Hall–Kier alpha value is -0.540. The average Bonchev–Trinajstić information content (AvgIpc) is 2.71. The molecule has 0 radical (unpaired) electrons. The fourth-order valence-corrected chi connectivity index (χ4v) is 3.21. The predicted molar refractivity (Wildman–Crippen MR) is 73.8 cm³/mol. The van der Waals surface area contributed by atoms with Crippen LogP contribution in [0.1, 0.15) is 70.7 Å². The molecular formula is C14H23ClN2O. The van der Waals surface area contributed by atoms with Gasteiger partial charge in [0.05, 0.1) is 16.9 Å². The summed E-state index contributed by atoms with van der Waals surface area (Å²) >= 11 is 6.22. The van der Waals surface area contributed by atoms with Crippen LogP contribution in [0.4, 0.5) is 0 Å². The fraction of sp³-hybridized carbons (Fsp3) is 0.786. The van der Waals surface area contributed by atoms with Crippen LogP contribution in [-0.2, 0) is 0 Å². The molecule has 1 unspecified atom stereocenters. The van der Waals surface area contributed by atoms with E-state index in [1.165, 1.54) is 19.3 Å². The molecule has 1 atom stereocenters. The molecule has 1 aliphatic rings. The van der Waals surface area contributed by atoms with Crippen LogP contribution < -0.4 is 0 Å². The van der Waals surface area contributed by atoms with Crippen molar-refractivity contribution >= 4 is 11.6 Å². The molecule has 1 saturated carbocycles. The second kappa shape index (κ2) is 5.22. The number of rotatable bonds is 3. The number of hydrogen-bond donors (Lipinski definition) is 1. The average molecular weight is 271 g/mol. The van der Waals surface area contributed by atoms with E-state index in [1.54, 1.807) is 6.20 Å². The Balaban J connectivity index is 2.32. The van der Waals surface area contributed by atoms with Gasteiger partial charge < -0.3 is 5.11 Å². The van der Waals surface area contributed by atoms with Crippen LogP contribution in [0.2, 0.25) is 5.02 Å². The lowest BCUT2D eigenvalue weighted by Crippen LogP contribution is -2.30. The molecule has 18 heavy (non-hydrogen) atoms. The number of aliphatic hydroxyl groups excluding tert-OH is 1. The Bertz CT molecular complexity index is 408.